The number of rotatable bonds is 6. The minimum Gasteiger partial charge on any atom is -0.368 e. The normalized spacial score (nSPS) is 18.5. The Labute approximate surface area is 141 Å². The van der Waals surface area contributed by atoms with E-state index in [1.165, 1.54) is 12.8 Å². The van der Waals surface area contributed by atoms with Crippen molar-refractivity contribution in [1.82, 2.24) is 24.6 Å². The van der Waals surface area contributed by atoms with Crippen LogP contribution in [-0.2, 0) is 6.54 Å². The molecule has 0 radical (unpaired) electrons. The van der Waals surface area contributed by atoms with Crippen molar-refractivity contribution in [3.63, 3.8) is 0 Å². The molecule has 0 aliphatic carbocycles. The highest BCUT2D eigenvalue weighted by Gasteiger charge is 2.22. The van der Waals surface area contributed by atoms with Crippen LogP contribution in [0.4, 0.5) is 5.82 Å². The van der Waals surface area contributed by atoms with Gasteiger partial charge in [-0.1, -0.05) is 6.42 Å². The second-order valence-corrected chi connectivity index (χ2v) is 6.20. The Hall–Kier alpha value is -2.28. The summed E-state index contributed by atoms with van der Waals surface area (Å²) in [5.74, 6) is 0.854. The first-order valence-corrected chi connectivity index (χ1v) is 8.51. The second-order valence-electron chi connectivity index (χ2n) is 6.20. The van der Waals surface area contributed by atoms with Crippen molar-refractivity contribution in [3.05, 3.63) is 46.8 Å². The Morgan fingerprint density at radius 3 is 3.00 bits per heavy atom. The summed E-state index contributed by atoms with van der Waals surface area (Å²) >= 11 is 0. The largest absolute Gasteiger partial charge is 0.368 e. The molecule has 0 saturated carbocycles. The van der Waals surface area contributed by atoms with Crippen LogP contribution in [0.1, 0.15) is 25.0 Å². The molecule has 0 bridgehead atoms. The summed E-state index contributed by atoms with van der Waals surface area (Å²) in [4.78, 5) is 22.5. The van der Waals surface area contributed by atoms with Gasteiger partial charge in [0, 0.05) is 31.4 Å². The molecule has 24 heavy (non-hydrogen) atoms. The summed E-state index contributed by atoms with van der Waals surface area (Å²) in [6.07, 6.45) is 6.91. The zero-order chi connectivity index (χ0) is 16.8. The number of hydrogen-bond acceptors (Lipinski definition) is 6. The Balaban J connectivity index is 1.58. The van der Waals surface area contributed by atoms with Gasteiger partial charge in [-0.15, -0.1) is 0 Å². The van der Waals surface area contributed by atoms with Crippen molar-refractivity contribution in [2.24, 2.45) is 0 Å². The minimum atomic E-state index is -0.0340. The number of aryl methyl sites for hydroxylation is 1. The van der Waals surface area contributed by atoms with Gasteiger partial charge < -0.3 is 5.32 Å². The van der Waals surface area contributed by atoms with Crippen LogP contribution in [0.25, 0.3) is 0 Å². The Kier molecular flexibility index (Phi) is 5.53. The molecular weight excluding hydrogens is 304 g/mol. The van der Waals surface area contributed by atoms with Gasteiger partial charge in [-0.3, -0.25) is 9.69 Å². The van der Waals surface area contributed by atoms with Crippen LogP contribution >= 0.6 is 0 Å². The van der Waals surface area contributed by atoms with E-state index in [0.717, 1.165) is 37.6 Å². The van der Waals surface area contributed by atoms with Crippen molar-refractivity contribution >= 4 is 5.82 Å². The molecule has 0 spiro atoms. The molecule has 0 aromatic carbocycles. The predicted octanol–water partition coefficient (Wildman–Crippen LogP) is 1.31. The maximum Gasteiger partial charge on any atom is 0.266 e. The Morgan fingerprint density at radius 2 is 2.17 bits per heavy atom. The van der Waals surface area contributed by atoms with E-state index in [0.29, 0.717) is 12.6 Å². The first-order valence-electron chi connectivity index (χ1n) is 8.51. The molecule has 1 unspecified atom stereocenters. The van der Waals surface area contributed by atoms with Crippen LogP contribution in [0.15, 0.2) is 35.5 Å². The van der Waals surface area contributed by atoms with Gasteiger partial charge >= 0.3 is 0 Å². The smallest absolute Gasteiger partial charge is 0.266 e. The lowest BCUT2D eigenvalue weighted by molar-refractivity contribution is 0.148. The molecule has 7 heteroatoms. The summed E-state index contributed by atoms with van der Waals surface area (Å²) < 4.78 is 1.57. The van der Waals surface area contributed by atoms with E-state index in [9.17, 15) is 4.79 Å². The number of hydrogen-bond donors (Lipinski definition) is 1. The van der Waals surface area contributed by atoms with Crippen LogP contribution in [0, 0.1) is 6.92 Å². The van der Waals surface area contributed by atoms with Crippen LogP contribution in [0.3, 0.4) is 0 Å². The highest BCUT2D eigenvalue weighted by molar-refractivity contribution is 5.31. The van der Waals surface area contributed by atoms with Gasteiger partial charge in [0.25, 0.3) is 5.56 Å². The van der Waals surface area contributed by atoms with Crippen molar-refractivity contribution < 1.29 is 0 Å². The van der Waals surface area contributed by atoms with E-state index in [1.807, 2.05) is 13.0 Å². The Morgan fingerprint density at radius 1 is 1.25 bits per heavy atom. The number of nitrogens with one attached hydrogen (secondary N) is 1. The van der Waals surface area contributed by atoms with Gasteiger partial charge in [-0.25, -0.2) is 14.6 Å². The van der Waals surface area contributed by atoms with Crippen LogP contribution in [0.2, 0.25) is 0 Å². The lowest BCUT2D eigenvalue weighted by Gasteiger charge is -2.35. The SMILES string of the molecule is Cc1ccc(=O)n(CCN2CCCCC2CNc2ccncn2)n1. The van der Waals surface area contributed by atoms with Crippen molar-refractivity contribution in [1.29, 1.82) is 0 Å². The summed E-state index contributed by atoms with van der Waals surface area (Å²) in [6, 6.07) is 5.68. The standard InChI is InChI=1S/C17H24N6O/c1-14-5-6-17(24)23(21-14)11-10-22-9-3-2-4-15(22)12-19-16-7-8-18-13-20-16/h5-8,13,15H,2-4,9-12H2,1H3,(H,18,19,20). The molecule has 2 aromatic rings. The average Bonchev–Trinajstić information content (AvgIpc) is 2.62. The number of nitrogens with zero attached hydrogens (tertiary/aromatic N) is 5. The summed E-state index contributed by atoms with van der Waals surface area (Å²) in [7, 11) is 0. The summed E-state index contributed by atoms with van der Waals surface area (Å²) in [6.45, 7) is 5.30. The minimum absolute atomic E-state index is 0.0340. The quantitative estimate of drug-likeness (QED) is 0.862. The number of piperidine rings is 1. The molecule has 1 saturated heterocycles. The topological polar surface area (TPSA) is 75.9 Å². The Bertz CT molecular complexity index is 702. The molecule has 7 nitrogen and oxygen atoms in total. The molecule has 128 valence electrons. The first kappa shape index (κ1) is 16.6. The van der Waals surface area contributed by atoms with Crippen molar-refractivity contribution in [2.75, 3.05) is 25.0 Å². The zero-order valence-electron chi connectivity index (χ0n) is 14.1. The fourth-order valence-electron chi connectivity index (χ4n) is 3.14. The third-order valence-electron chi connectivity index (χ3n) is 4.45. The molecule has 2 aromatic heterocycles. The van der Waals surface area contributed by atoms with E-state index in [1.54, 1.807) is 29.3 Å². The molecule has 1 fully saturated rings. The van der Waals surface area contributed by atoms with Gasteiger partial charge in [0.2, 0.25) is 0 Å². The van der Waals surface area contributed by atoms with E-state index >= 15 is 0 Å². The molecule has 1 N–H and O–H groups in total. The van der Waals surface area contributed by atoms with Gasteiger partial charge in [0.05, 0.1) is 12.2 Å². The summed E-state index contributed by atoms with van der Waals surface area (Å²) in [5.41, 5.74) is 0.837. The maximum atomic E-state index is 11.9. The zero-order valence-corrected chi connectivity index (χ0v) is 14.1. The fraction of sp³-hybridized carbons (Fsp3) is 0.529. The molecule has 3 rings (SSSR count). The van der Waals surface area contributed by atoms with Gasteiger partial charge in [0.1, 0.15) is 12.1 Å². The van der Waals surface area contributed by atoms with E-state index in [2.05, 4.69) is 25.3 Å². The van der Waals surface area contributed by atoms with E-state index < -0.39 is 0 Å². The van der Waals surface area contributed by atoms with Crippen LogP contribution in [0.5, 0.6) is 0 Å². The molecule has 3 heterocycles. The van der Waals surface area contributed by atoms with E-state index in [-0.39, 0.29) is 5.56 Å². The fourth-order valence-corrected chi connectivity index (χ4v) is 3.14. The van der Waals surface area contributed by atoms with Gasteiger partial charge in [0.15, 0.2) is 0 Å². The molecule has 1 atom stereocenters. The maximum absolute atomic E-state index is 11.9. The monoisotopic (exact) mass is 328 g/mol. The first-order chi connectivity index (χ1) is 11.7. The number of likely N-dealkylation sites (tertiary alicyclic amines) is 1. The summed E-state index contributed by atoms with van der Waals surface area (Å²) in [5, 5.41) is 7.71. The average molecular weight is 328 g/mol. The lowest BCUT2D eigenvalue weighted by atomic mass is 10.0. The number of anilines is 1. The molecule has 1 aliphatic heterocycles. The second kappa shape index (κ2) is 8.01. The van der Waals surface area contributed by atoms with Crippen LogP contribution in [-0.4, -0.2) is 50.3 Å². The highest BCUT2D eigenvalue weighted by Crippen LogP contribution is 2.17. The van der Waals surface area contributed by atoms with Gasteiger partial charge in [-0.05, 0) is 38.4 Å². The van der Waals surface area contributed by atoms with E-state index in [4.69, 9.17) is 0 Å². The lowest BCUT2D eigenvalue weighted by Crippen LogP contribution is -2.45. The van der Waals surface area contributed by atoms with Crippen LogP contribution < -0.4 is 10.9 Å². The molecule has 1 aliphatic rings. The van der Waals surface area contributed by atoms with Gasteiger partial charge in [-0.2, -0.15) is 5.10 Å². The molecular formula is C17H24N6O. The van der Waals surface area contributed by atoms with Crippen molar-refractivity contribution in [2.45, 2.75) is 38.8 Å². The third kappa shape index (κ3) is 4.38. The van der Waals surface area contributed by atoms with Crippen molar-refractivity contribution in [3.8, 4) is 0 Å². The predicted molar refractivity (Wildman–Crippen MR) is 93.0 cm³/mol. The third-order valence-corrected chi connectivity index (χ3v) is 4.45. The number of aromatic nitrogens is 4. The highest BCUT2D eigenvalue weighted by atomic mass is 16.1. The molecule has 0 amide bonds.